The van der Waals surface area contributed by atoms with Crippen molar-refractivity contribution in [2.45, 2.75) is 19.4 Å². The fraction of sp³-hybridized carbons (Fsp3) is 0.207. The van der Waals surface area contributed by atoms with Crippen LogP contribution in [0.4, 0.5) is 10.8 Å². The zero-order valence-corrected chi connectivity index (χ0v) is 21.5. The van der Waals surface area contributed by atoms with Crippen LogP contribution >= 0.6 is 11.3 Å². The van der Waals surface area contributed by atoms with Gasteiger partial charge in [-0.15, -0.1) is 0 Å². The van der Waals surface area contributed by atoms with E-state index in [-0.39, 0.29) is 11.3 Å². The lowest BCUT2D eigenvalue weighted by Crippen LogP contribution is -2.29. The number of carbonyl (C=O) groups is 2. The van der Waals surface area contributed by atoms with E-state index in [1.807, 2.05) is 74.4 Å². The van der Waals surface area contributed by atoms with E-state index < -0.39 is 17.7 Å². The SMILES string of the molecule is Cc1ccc2nc(N3C(=O)C(=O)/C(=C(/O)c4ccc5c(c4)CCO5)C3c3ccc(N(C)C)cc3)sc2c1. The van der Waals surface area contributed by atoms with Gasteiger partial charge in [0, 0.05) is 31.8 Å². The number of ether oxygens (including phenoxy) is 1. The number of aliphatic hydroxyl groups is 1. The van der Waals surface area contributed by atoms with Gasteiger partial charge in [-0.3, -0.25) is 14.5 Å². The number of hydrogen-bond acceptors (Lipinski definition) is 7. The minimum absolute atomic E-state index is 0.0527. The number of rotatable bonds is 4. The summed E-state index contributed by atoms with van der Waals surface area (Å²) in [6.45, 7) is 2.58. The van der Waals surface area contributed by atoms with Crippen LogP contribution in [0.1, 0.15) is 28.3 Å². The Morgan fingerprint density at radius 3 is 2.62 bits per heavy atom. The van der Waals surface area contributed by atoms with Gasteiger partial charge >= 0.3 is 5.91 Å². The van der Waals surface area contributed by atoms with Crippen molar-refractivity contribution in [2.75, 3.05) is 30.5 Å². The van der Waals surface area contributed by atoms with Crippen molar-refractivity contribution in [1.82, 2.24) is 4.98 Å². The lowest BCUT2D eigenvalue weighted by atomic mass is 9.94. The number of fused-ring (bicyclic) bond motifs is 2. The smallest absolute Gasteiger partial charge is 0.301 e. The van der Waals surface area contributed by atoms with E-state index in [9.17, 15) is 14.7 Å². The number of amides is 1. The second kappa shape index (κ2) is 8.74. The first-order valence-electron chi connectivity index (χ1n) is 12.0. The molecule has 1 N–H and O–H groups in total. The van der Waals surface area contributed by atoms with Crippen LogP contribution in [0.3, 0.4) is 0 Å². The zero-order valence-electron chi connectivity index (χ0n) is 20.7. The van der Waals surface area contributed by atoms with E-state index in [4.69, 9.17) is 9.72 Å². The van der Waals surface area contributed by atoms with Crippen LogP contribution in [0, 0.1) is 6.92 Å². The number of hydrogen-bond donors (Lipinski definition) is 1. The zero-order chi connectivity index (χ0) is 25.8. The van der Waals surface area contributed by atoms with Crippen LogP contribution in [-0.2, 0) is 16.0 Å². The Morgan fingerprint density at radius 1 is 1.08 bits per heavy atom. The summed E-state index contributed by atoms with van der Waals surface area (Å²) < 4.78 is 6.52. The second-order valence-electron chi connectivity index (χ2n) is 9.54. The van der Waals surface area contributed by atoms with Gasteiger partial charge in [0.25, 0.3) is 5.78 Å². The maximum absolute atomic E-state index is 13.5. The van der Waals surface area contributed by atoms with Gasteiger partial charge in [0.1, 0.15) is 11.5 Å². The quantitative estimate of drug-likeness (QED) is 0.229. The summed E-state index contributed by atoms with van der Waals surface area (Å²) in [5, 5.41) is 11.9. The number of benzene rings is 3. The Morgan fingerprint density at radius 2 is 1.86 bits per heavy atom. The maximum Gasteiger partial charge on any atom is 0.301 e. The van der Waals surface area contributed by atoms with Crippen molar-refractivity contribution >= 4 is 49.8 Å². The van der Waals surface area contributed by atoms with Crippen LogP contribution in [0.15, 0.2) is 66.2 Å². The van der Waals surface area contributed by atoms with E-state index in [0.717, 1.165) is 39.2 Å². The molecule has 7 nitrogen and oxygen atoms in total. The number of ketones is 1. The molecule has 0 bridgehead atoms. The molecule has 2 aliphatic rings. The molecule has 0 spiro atoms. The van der Waals surface area contributed by atoms with Gasteiger partial charge in [-0.2, -0.15) is 0 Å². The Bertz CT molecular complexity index is 1600. The van der Waals surface area contributed by atoms with Gasteiger partial charge in [0.15, 0.2) is 5.13 Å². The summed E-state index contributed by atoms with van der Waals surface area (Å²) in [5.74, 6) is -0.860. The highest BCUT2D eigenvalue weighted by Gasteiger charge is 2.48. The molecule has 1 unspecified atom stereocenters. The molecule has 0 aliphatic carbocycles. The van der Waals surface area contributed by atoms with Crippen molar-refractivity contribution < 1.29 is 19.4 Å². The predicted molar refractivity (Wildman–Crippen MR) is 146 cm³/mol. The van der Waals surface area contributed by atoms with Gasteiger partial charge in [0.2, 0.25) is 0 Å². The molecule has 1 saturated heterocycles. The minimum Gasteiger partial charge on any atom is -0.507 e. The summed E-state index contributed by atoms with van der Waals surface area (Å²) in [4.78, 5) is 35.1. The Balaban J connectivity index is 1.54. The van der Waals surface area contributed by atoms with Crippen LogP contribution in [0.5, 0.6) is 5.75 Å². The standard InChI is InChI=1S/C29H25N3O4S/c1-16-4-10-21-23(14-16)37-29(30-21)32-25(17-5-8-20(9-6-17)31(2)3)24(27(34)28(32)35)26(33)19-7-11-22-18(15-19)12-13-36-22/h4-11,14-15,25,33H,12-13H2,1-3H3/b26-24+. The van der Waals surface area contributed by atoms with E-state index >= 15 is 0 Å². The molecule has 37 heavy (non-hydrogen) atoms. The van der Waals surface area contributed by atoms with E-state index in [2.05, 4.69) is 0 Å². The molecule has 6 rings (SSSR count). The van der Waals surface area contributed by atoms with Gasteiger partial charge in [-0.05, 0) is 66.1 Å². The average Bonchev–Trinajstić information content (AvgIpc) is 3.59. The van der Waals surface area contributed by atoms with E-state index in [1.54, 1.807) is 12.1 Å². The third-order valence-corrected chi connectivity index (χ3v) is 7.89. The number of thiazole rings is 1. The molecule has 1 aromatic heterocycles. The van der Waals surface area contributed by atoms with Gasteiger partial charge in [-0.1, -0.05) is 29.5 Å². The number of aromatic nitrogens is 1. The highest BCUT2D eigenvalue weighted by atomic mass is 32.1. The molecular weight excluding hydrogens is 486 g/mol. The number of nitrogens with zero attached hydrogens (tertiary/aromatic N) is 3. The Labute approximate surface area is 218 Å². The fourth-order valence-electron chi connectivity index (χ4n) is 4.91. The van der Waals surface area contributed by atoms with Gasteiger partial charge < -0.3 is 14.7 Å². The summed E-state index contributed by atoms with van der Waals surface area (Å²) in [6.07, 6.45) is 0.728. The molecule has 3 heterocycles. The second-order valence-corrected chi connectivity index (χ2v) is 10.6. The molecule has 0 radical (unpaired) electrons. The van der Waals surface area contributed by atoms with Crippen molar-refractivity contribution in [3.63, 3.8) is 0 Å². The van der Waals surface area contributed by atoms with Crippen LogP contribution < -0.4 is 14.5 Å². The summed E-state index contributed by atoms with van der Waals surface area (Å²) in [7, 11) is 3.89. The lowest BCUT2D eigenvalue weighted by Gasteiger charge is -2.23. The fourth-order valence-corrected chi connectivity index (χ4v) is 6.00. The lowest BCUT2D eigenvalue weighted by molar-refractivity contribution is -0.132. The first-order chi connectivity index (χ1) is 17.8. The predicted octanol–water partition coefficient (Wildman–Crippen LogP) is 5.23. The molecule has 2 aliphatic heterocycles. The normalized spacial score (nSPS) is 18.4. The molecule has 1 amide bonds. The first-order valence-corrected chi connectivity index (χ1v) is 12.8. The number of carbonyl (C=O) groups excluding carboxylic acids is 2. The Hall–Kier alpha value is -4.17. The number of aryl methyl sites for hydroxylation is 1. The molecule has 4 aromatic rings. The largest absolute Gasteiger partial charge is 0.507 e. The third kappa shape index (κ3) is 3.84. The molecular formula is C29H25N3O4S. The number of aliphatic hydroxyl groups excluding tert-OH is 1. The van der Waals surface area contributed by atoms with Crippen LogP contribution in [-0.4, -0.2) is 42.5 Å². The van der Waals surface area contributed by atoms with Crippen molar-refractivity contribution in [3.05, 3.63) is 88.5 Å². The third-order valence-electron chi connectivity index (χ3n) is 6.87. The van der Waals surface area contributed by atoms with Crippen molar-refractivity contribution in [2.24, 2.45) is 0 Å². The first kappa shape index (κ1) is 23.2. The molecule has 3 aromatic carbocycles. The van der Waals surface area contributed by atoms with Crippen LogP contribution in [0.25, 0.3) is 16.0 Å². The van der Waals surface area contributed by atoms with Crippen molar-refractivity contribution in [3.8, 4) is 5.75 Å². The monoisotopic (exact) mass is 511 g/mol. The number of Topliss-reactive ketones (excluding diaryl/α,β-unsaturated/α-hetero) is 1. The minimum atomic E-state index is -0.817. The van der Waals surface area contributed by atoms with Gasteiger partial charge in [0.05, 0.1) is 28.4 Å². The summed E-state index contributed by atoms with van der Waals surface area (Å²) in [6, 6.07) is 18.1. The number of anilines is 2. The van der Waals surface area contributed by atoms with Crippen LogP contribution in [0.2, 0.25) is 0 Å². The maximum atomic E-state index is 13.5. The molecule has 1 fully saturated rings. The Kier molecular flexibility index (Phi) is 5.49. The van der Waals surface area contributed by atoms with E-state index in [1.165, 1.54) is 16.2 Å². The molecule has 0 saturated carbocycles. The van der Waals surface area contributed by atoms with Gasteiger partial charge in [-0.25, -0.2) is 4.98 Å². The summed E-state index contributed by atoms with van der Waals surface area (Å²) >= 11 is 1.36. The topological polar surface area (TPSA) is 83.0 Å². The average molecular weight is 512 g/mol. The molecule has 186 valence electrons. The molecule has 1 atom stereocenters. The summed E-state index contributed by atoms with van der Waals surface area (Å²) in [5.41, 5.74) is 5.04. The highest BCUT2D eigenvalue weighted by molar-refractivity contribution is 7.22. The van der Waals surface area contributed by atoms with Crippen molar-refractivity contribution in [1.29, 1.82) is 0 Å². The van der Waals surface area contributed by atoms with E-state index in [0.29, 0.717) is 22.9 Å². The highest BCUT2D eigenvalue weighted by Crippen LogP contribution is 2.45. The molecule has 8 heteroatoms.